The number of aliphatic carboxylic acids is 4. The molecule has 8 heterocycles. The van der Waals surface area contributed by atoms with E-state index < -0.39 is 298 Å². The Labute approximate surface area is 830 Å². The summed E-state index contributed by atoms with van der Waals surface area (Å²) in [4.78, 5) is 298. The smallest absolute Gasteiger partial charge is 0.323 e. The van der Waals surface area contributed by atoms with E-state index in [9.17, 15) is 83.4 Å². The Balaban J connectivity index is 0.987. The lowest BCUT2D eigenvalue weighted by Crippen LogP contribution is -2.61. The summed E-state index contributed by atoms with van der Waals surface area (Å²) in [5, 5.41) is 86.5. The number of ether oxygens (including phenoxy) is 1. The number of likely N-dealkylation sites (N-methyl/N-ethyl adjacent to an activating group) is 2. The van der Waals surface area contributed by atoms with Gasteiger partial charge in [-0.2, -0.15) is 0 Å². The van der Waals surface area contributed by atoms with E-state index in [1.54, 1.807) is 91.1 Å². The summed E-state index contributed by atoms with van der Waals surface area (Å²) in [6.07, 6.45) is -1.38. The Kier molecular flexibility index (Phi) is 39.3. The van der Waals surface area contributed by atoms with Crippen LogP contribution < -0.4 is 69.8 Å². The average Bonchev–Trinajstić information content (AvgIpc) is 1.62. The largest absolute Gasteiger partial charge is 0.508 e. The highest BCUT2D eigenvalue weighted by Gasteiger charge is 2.48. The molecule has 774 valence electrons. The van der Waals surface area contributed by atoms with Crippen LogP contribution in [0.1, 0.15) is 125 Å². The molecule has 47 heteroatoms. The number of nitrogens with zero attached hydrogens (tertiary/aromatic N) is 6. The van der Waals surface area contributed by atoms with Gasteiger partial charge in [-0.05, 0) is 142 Å². The molecular formula is C97H123N19O27S. The third-order valence-electron chi connectivity index (χ3n) is 26.1. The van der Waals surface area contributed by atoms with E-state index in [0.717, 1.165) is 24.5 Å². The van der Waals surface area contributed by atoms with Crippen LogP contribution in [0.4, 0.5) is 0 Å². The number of thioether (sulfide) groups is 1. The number of nitrogens with one attached hydrogen (secondary N) is 10. The standard InChI is InChI=1S/C97H123N19O27S/c1-111-75-19-5-3-4-12-37-143-60-27-23-54(24-28-60)39-77(112(2)97(75)142)92(137)105-64(29-31-81(122)123)87(132)110-71(86(131)102-47-79(100)120)51-144-52-80(121)103-67(38-53-21-25-58(117)26-22-53)95(140)114-35-11-10-18-73(114)90(135)108-69(44-83(126)127)96(141)115-36-13-20-74(115)91(136)109-70(45-99)89(134)106-66(30-32-82(124)125)94(139)116-49-59(118)43-76(116)78(119)42-55(40-56-46-101-63-16-8-6-14-61(56)63)85(130)104-65(33-34-98)88(133)107-68(93(111)138)41-57-48-113(50-84(128)129)72-17-9-7-15-62(57)72/h4,6-9,12,14-17,21-28,46,48,55,59,64-71,73-77,101,117-118H,3,5,10-11,13,18-20,29-45,47,49-52,98-99H2,1-2H3,(H2,100,120)(H,102,131)(H,103,121)(H,104,130)(H,105,137)(H,106,134)(H,107,133)(H,108,135)(H,109,136)(H,110,132)(H,122,123)(H,124,125)(H,126,127)(H,128,129)/t55-,59-,64+,65+,66+,67+,68+,69+,70+,71+,73-,74+,75+,76+,77+/m1/s1. The Morgan fingerprint density at radius 3 is 1.76 bits per heavy atom. The molecule has 4 aromatic carbocycles. The number of carbonyl (C=O) groups excluding carboxylic acids is 16. The Morgan fingerprint density at radius 1 is 0.514 bits per heavy atom. The molecule has 22 N–H and O–H groups in total. The number of carboxylic acids is 4. The second-order valence-corrected chi connectivity index (χ2v) is 37.4. The molecule has 2 aromatic heterocycles. The molecule has 0 saturated carbocycles. The molecule has 15 atom stereocenters. The number of aliphatic hydroxyl groups is 1. The zero-order chi connectivity index (χ0) is 104. The lowest BCUT2D eigenvalue weighted by atomic mass is 9.90. The normalized spacial score (nSPS) is 25.0. The van der Waals surface area contributed by atoms with Gasteiger partial charge in [-0.1, -0.05) is 72.8 Å². The van der Waals surface area contributed by atoms with Crippen LogP contribution >= 0.6 is 11.8 Å². The number of piperidine rings is 1. The highest BCUT2D eigenvalue weighted by Crippen LogP contribution is 2.32. The maximum atomic E-state index is 16.2. The molecule has 0 radical (unpaired) electrons. The number of rotatable bonds is 22. The van der Waals surface area contributed by atoms with Gasteiger partial charge in [0.2, 0.25) is 88.6 Å². The first-order chi connectivity index (χ1) is 68.8. The molecule has 6 aromatic rings. The number of nitrogens with two attached hydrogens (primary N) is 3. The first-order valence-electron chi connectivity index (χ1n) is 47.5. The van der Waals surface area contributed by atoms with Gasteiger partial charge in [-0.15, -0.1) is 11.8 Å². The number of ketones is 1. The average molecular weight is 2020 g/mol. The summed E-state index contributed by atoms with van der Waals surface area (Å²) >= 11 is 0.680. The van der Waals surface area contributed by atoms with Crippen LogP contribution in [0.5, 0.6) is 11.5 Å². The molecule has 144 heavy (non-hydrogen) atoms. The van der Waals surface area contributed by atoms with E-state index in [1.165, 1.54) is 49.1 Å². The number of fused-ring (bicyclic) bond motifs is 12. The SMILES string of the molecule is CN1C(=O)[C@H](Cc2cn(CC(=O)O)c3ccccc23)NC(=O)[C@H](CCN)NC(=O)[C@H](Cc2c[nH]c3ccccc23)CC(=O)[C@@H]2C[C@@H](O)CN2C(=O)[C@H](CCC(=O)O)NC(=O)[C@H](CN)NC(=O)[C@@H]2CCCN2C(=O)[C@H](CC(=O)O)NC(=O)[C@H]2CCCCN2C(=O)[C@H](Cc2ccc(O)cc2)NC(=O)CSC[C@@H](C(=O)NCC(N)=O)NC(=O)[C@H](CCC(=O)O)NC(=O)[C@@H]2Cc3ccc(cc3)OCC=CCCC[C@H]1C(=O)N2C. The monoisotopic (exact) mass is 2020 g/mol. The van der Waals surface area contributed by atoms with Gasteiger partial charge in [0, 0.05) is 131 Å². The number of carboxylic acid groups (broad SMARTS) is 4. The third kappa shape index (κ3) is 29.7. The summed E-state index contributed by atoms with van der Waals surface area (Å²) in [5.74, 6) is -24.8. The maximum absolute atomic E-state index is 16.2. The van der Waals surface area contributed by atoms with Gasteiger partial charge in [0.05, 0.1) is 30.9 Å². The number of Topliss-reactive ketones (excluding diaryl/α,β-unsaturated/α-hetero) is 1. The number of aromatic amines is 1. The van der Waals surface area contributed by atoms with Gasteiger partial charge >= 0.3 is 23.9 Å². The molecule has 4 fully saturated rings. The summed E-state index contributed by atoms with van der Waals surface area (Å²) < 4.78 is 7.38. The molecule has 0 aliphatic carbocycles. The van der Waals surface area contributed by atoms with E-state index in [-0.39, 0.29) is 108 Å². The highest BCUT2D eigenvalue weighted by atomic mass is 32.2. The van der Waals surface area contributed by atoms with Crippen LogP contribution in [-0.2, 0) is 128 Å². The number of aliphatic hydroxyl groups excluding tert-OH is 1. The van der Waals surface area contributed by atoms with E-state index >= 15 is 43.2 Å². The number of para-hydroxylation sites is 2. The number of H-pyrrole nitrogens is 1. The third-order valence-corrected chi connectivity index (χ3v) is 27.1. The number of amides is 15. The van der Waals surface area contributed by atoms with Crippen LogP contribution in [0.3, 0.4) is 0 Å². The van der Waals surface area contributed by atoms with Gasteiger partial charge in [-0.25, -0.2) is 0 Å². The number of hydrogen-bond acceptors (Lipinski definition) is 26. The Morgan fingerprint density at radius 2 is 1.09 bits per heavy atom. The van der Waals surface area contributed by atoms with Crippen LogP contribution in [0, 0.1) is 5.92 Å². The molecule has 4 bridgehead atoms. The van der Waals surface area contributed by atoms with E-state index in [0.29, 0.717) is 62.4 Å². The molecule has 4 saturated heterocycles. The zero-order valence-electron chi connectivity index (χ0n) is 79.5. The minimum Gasteiger partial charge on any atom is -0.508 e. The van der Waals surface area contributed by atoms with Crippen molar-refractivity contribution in [3.8, 4) is 11.5 Å². The van der Waals surface area contributed by atoms with Gasteiger partial charge < -0.3 is 134 Å². The fourth-order valence-electron chi connectivity index (χ4n) is 18.6. The predicted molar refractivity (Wildman–Crippen MR) is 516 cm³/mol. The first kappa shape index (κ1) is 110. The number of phenols is 1. The van der Waals surface area contributed by atoms with Crippen molar-refractivity contribution < 1.29 is 131 Å². The van der Waals surface area contributed by atoms with Crippen molar-refractivity contribution >= 4 is 152 Å². The topological polar surface area (TPSA) is 695 Å². The number of aromatic hydroxyl groups is 1. The summed E-state index contributed by atoms with van der Waals surface area (Å²) in [5.41, 5.74) is 20.4. The van der Waals surface area contributed by atoms with Crippen molar-refractivity contribution in [2.75, 3.05) is 71.5 Å². The molecule has 12 rings (SSSR count). The predicted octanol–water partition coefficient (Wildman–Crippen LogP) is -2.40. The van der Waals surface area contributed by atoms with Crippen molar-refractivity contribution in [1.29, 1.82) is 0 Å². The molecule has 0 spiro atoms. The minimum absolute atomic E-state index is 0.0625. The molecule has 0 unspecified atom stereocenters. The zero-order valence-corrected chi connectivity index (χ0v) is 80.3. The molecular weight excluding hydrogens is 1900 g/mol. The Hall–Kier alpha value is -14.9. The van der Waals surface area contributed by atoms with Gasteiger partial charge in [0.15, 0.2) is 5.78 Å². The molecule has 6 aliphatic heterocycles. The van der Waals surface area contributed by atoms with E-state index in [4.69, 9.17) is 21.9 Å². The first-order valence-corrected chi connectivity index (χ1v) is 48.7. The van der Waals surface area contributed by atoms with Crippen molar-refractivity contribution in [3.63, 3.8) is 0 Å². The maximum Gasteiger partial charge on any atom is 0.323 e. The van der Waals surface area contributed by atoms with Crippen LogP contribution in [0.15, 0.2) is 122 Å². The summed E-state index contributed by atoms with van der Waals surface area (Å²) in [7, 11) is 2.49. The lowest BCUT2D eigenvalue weighted by Gasteiger charge is -2.38. The lowest BCUT2D eigenvalue weighted by molar-refractivity contribution is -0.149. The number of primary amides is 1. The molecule has 6 aliphatic rings. The van der Waals surface area contributed by atoms with Crippen molar-refractivity contribution in [3.05, 3.63) is 144 Å². The number of phenolic OH excluding ortho intramolecular Hbond substituents is 1. The number of carbonyl (C=O) groups is 20. The van der Waals surface area contributed by atoms with Crippen molar-refractivity contribution in [2.45, 2.75) is 220 Å². The number of aromatic nitrogens is 2. The van der Waals surface area contributed by atoms with Crippen molar-refractivity contribution in [1.82, 2.24) is 81.9 Å². The van der Waals surface area contributed by atoms with E-state index in [2.05, 4.69) is 52.8 Å². The van der Waals surface area contributed by atoms with Gasteiger partial charge in [-0.3, -0.25) is 95.9 Å². The fourth-order valence-corrected chi connectivity index (χ4v) is 19.4. The van der Waals surface area contributed by atoms with Crippen LogP contribution in [0.2, 0.25) is 0 Å². The van der Waals surface area contributed by atoms with E-state index in [1.807, 2.05) is 0 Å². The number of allylic oxidation sites excluding steroid dienone is 1. The minimum atomic E-state index is -1.94. The quantitative estimate of drug-likeness (QED) is 0.0315. The summed E-state index contributed by atoms with van der Waals surface area (Å²) in [6, 6.07) is 3.09. The Bertz CT molecular complexity index is 5780. The fraction of sp³-hybridized carbons (Fsp3) is 0.485. The second kappa shape index (κ2) is 51.7. The van der Waals surface area contributed by atoms with Crippen LogP contribution in [-0.4, -0.2) is 339 Å². The summed E-state index contributed by atoms with van der Waals surface area (Å²) in [6.45, 7) is -3.35. The van der Waals surface area contributed by atoms with Crippen LogP contribution in [0.25, 0.3) is 21.8 Å². The number of hydrogen-bond donors (Lipinski definition) is 19. The second-order valence-electron chi connectivity index (χ2n) is 36.3. The molecule has 46 nitrogen and oxygen atoms in total. The molecule has 15 amide bonds. The number of benzene rings is 4. The van der Waals surface area contributed by atoms with Crippen molar-refractivity contribution in [2.24, 2.45) is 23.1 Å². The highest BCUT2D eigenvalue weighted by molar-refractivity contribution is 8.00. The van der Waals surface area contributed by atoms with Gasteiger partial charge in [0.25, 0.3) is 0 Å². The van der Waals surface area contributed by atoms with Gasteiger partial charge in [0.1, 0.15) is 97.2 Å².